The normalized spacial score (nSPS) is 11.8. The Kier molecular flexibility index (Phi) is 12.3. The van der Waals surface area contributed by atoms with Gasteiger partial charge in [0.15, 0.2) is 11.6 Å². The van der Waals surface area contributed by atoms with Crippen molar-refractivity contribution in [3.8, 4) is 34.1 Å². The quantitative estimate of drug-likeness (QED) is 0.131. The first-order chi connectivity index (χ1) is 22.2. The second-order valence-electron chi connectivity index (χ2n) is 9.59. The number of halogens is 3. The van der Waals surface area contributed by atoms with Gasteiger partial charge in [-0.2, -0.15) is 28.5 Å². The van der Waals surface area contributed by atoms with Crippen molar-refractivity contribution in [2.75, 3.05) is 0 Å². The van der Waals surface area contributed by atoms with Crippen molar-refractivity contribution in [3.63, 3.8) is 0 Å². The third-order valence-electron chi connectivity index (χ3n) is 6.58. The van der Waals surface area contributed by atoms with Crippen LogP contribution in [0.3, 0.4) is 0 Å². The van der Waals surface area contributed by atoms with Crippen molar-refractivity contribution in [1.29, 1.82) is 0 Å². The molecule has 0 aliphatic heterocycles. The zero-order chi connectivity index (χ0) is 33.7. The van der Waals surface area contributed by atoms with E-state index in [1.807, 2.05) is 0 Å². The maximum Gasteiger partial charge on any atom is 1.00 e. The van der Waals surface area contributed by atoms with Crippen molar-refractivity contribution >= 4 is 77.3 Å². The summed E-state index contributed by atoms with van der Waals surface area (Å²) in [5.74, 6) is -1.52. The number of para-hydroxylation sites is 1. The van der Waals surface area contributed by atoms with Gasteiger partial charge in [-0.1, -0.05) is 47.7 Å². The number of hydrogen-bond donors (Lipinski definition) is 1. The molecule has 6 rings (SSSR count). The molecule has 1 N–H and O–H groups in total. The third kappa shape index (κ3) is 8.50. The molecule has 238 valence electrons. The molecule has 49 heavy (non-hydrogen) atoms. The Morgan fingerprint density at radius 3 is 2.02 bits per heavy atom. The van der Waals surface area contributed by atoms with E-state index in [1.165, 1.54) is 10.7 Å². The molecule has 0 bridgehead atoms. The Hall–Kier alpha value is -2.55. The van der Waals surface area contributed by atoms with Crippen LogP contribution in [0.1, 0.15) is 0 Å². The van der Waals surface area contributed by atoms with E-state index in [4.69, 9.17) is 34.8 Å². The Morgan fingerprint density at radius 2 is 1.43 bits per heavy atom. The predicted molar refractivity (Wildman–Crippen MR) is 168 cm³/mol. The molecule has 0 aliphatic carbocycles. The molecule has 14 nitrogen and oxygen atoms in total. The summed E-state index contributed by atoms with van der Waals surface area (Å²) >= 11 is 17.8. The average Bonchev–Trinajstić information content (AvgIpc) is 3.43. The van der Waals surface area contributed by atoms with Gasteiger partial charge >= 0.3 is 59.1 Å². The first kappa shape index (κ1) is 39.2. The van der Waals surface area contributed by atoms with Crippen LogP contribution < -0.4 is 64.2 Å². The molecular formula is C28H14Cl3N7Na2O7S2. The van der Waals surface area contributed by atoms with Crippen LogP contribution >= 0.6 is 34.8 Å². The summed E-state index contributed by atoms with van der Waals surface area (Å²) in [7, 11) is -10.4. The summed E-state index contributed by atoms with van der Waals surface area (Å²) in [5.41, 5.74) is 0.380. The number of fused-ring (bicyclic) bond motifs is 1. The Morgan fingerprint density at radius 1 is 0.796 bits per heavy atom. The minimum Gasteiger partial charge on any atom is -0.870 e. The molecule has 0 amide bonds. The van der Waals surface area contributed by atoms with Gasteiger partial charge in [0.2, 0.25) is 10.6 Å². The Bertz CT molecular complexity index is 2450. The van der Waals surface area contributed by atoms with Gasteiger partial charge in [-0.05, 0) is 76.4 Å². The van der Waals surface area contributed by atoms with Gasteiger partial charge in [-0.15, -0.1) is 10.2 Å². The summed E-state index contributed by atoms with van der Waals surface area (Å²) in [6, 6.07) is 19.3. The van der Waals surface area contributed by atoms with Crippen LogP contribution in [0.5, 0.6) is 5.75 Å². The molecule has 0 saturated carbocycles. The molecule has 2 aromatic heterocycles. The molecule has 0 atom stereocenters. The first-order valence-electron chi connectivity index (χ1n) is 12.8. The molecule has 0 fully saturated rings. The number of rotatable bonds is 7. The minimum atomic E-state index is -5.19. The smallest absolute Gasteiger partial charge is 0.870 e. The maximum atomic E-state index is 14.0. The summed E-state index contributed by atoms with van der Waals surface area (Å²) in [6.07, 6.45) is 0. The largest absolute Gasteiger partial charge is 1.00 e. The van der Waals surface area contributed by atoms with E-state index in [2.05, 4.69) is 30.3 Å². The van der Waals surface area contributed by atoms with Crippen LogP contribution in [0.25, 0.3) is 39.1 Å². The van der Waals surface area contributed by atoms with E-state index in [-0.39, 0.29) is 75.9 Å². The first-order valence-corrected chi connectivity index (χ1v) is 16.8. The van der Waals surface area contributed by atoms with Gasteiger partial charge in [0.05, 0.1) is 22.0 Å². The predicted octanol–water partition coefficient (Wildman–Crippen LogP) is 0.153. The Labute approximate surface area is 337 Å². The number of azo groups is 1. The monoisotopic (exact) mass is 775 g/mol. The van der Waals surface area contributed by atoms with E-state index < -0.39 is 63.2 Å². The Balaban J connectivity index is 0.00000270. The molecule has 4 aromatic carbocycles. The molecule has 0 radical (unpaired) electrons. The molecule has 0 spiro atoms. The van der Waals surface area contributed by atoms with Crippen LogP contribution in [0.2, 0.25) is 15.6 Å². The molecule has 0 aliphatic rings. The van der Waals surface area contributed by atoms with Crippen LogP contribution in [0.15, 0.2) is 98.9 Å². The SMILES string of the molecule is O=S(=O)([O-])c1cc(-c2nc(Cl)nc(Cl)n2)c2c([O-])c(N=Nc3cc(-c4ccc(Cl)cc4)nn3-c3ccccc3)c(S(=O)(=O)O)cc2c1.[Na+].[Na+]. The van der Waals surface area contributed by atoms with Gasteiger partial charge in [0.25, 0.3) is 10.1 Å². The molecule has 6 aromatic rings. The van der Waals surface area contributed by atoms with Crippen molar-refractivity contribution in [3.05, 3.63) is 94.5 Å². The van der Waals surface area contributed by atoms with E-state index in [0.29, 0.717) is 22.0 Å². The summed E-state index contributed by atoms with van der Waals surface area (Å²) in [5, 5.41) is 25.5. The van der Waals surface area contributed by atoms with Crippen molar-refractivity contribution in [1.82, 2.24) is 24.7 Å². The average molecular weight is 777 g/mol. The maximum absolute atomic E-state index is 14.0. The van der Waals surface area contributed by atoms with Crippen molar-refractivity contribution in [2.45, 2.75) is 9.79 Å². The summed E-state index contributed by atoms with van der Waals surface area (Å²) < 4.78 is 72.6. The number of hydrogen-bond acceptors (Lipinski definition) is 12. The number of aromatic nitrogens is 5. The van der Waals surface area contributed by atoms with Gasteiger partial charge in [0, 0.05) is 22.2 Å². The van der Waals surface area contributed by atoms with Crippen molar-refractivity contribution in [2.24, 2.45) is 10.2 Å². The third-order valence-corrected chi connectivity index (χ3v) is 8.85. The van der Waals surface area contributed by atoms with E-state index in [9.17, 15) is 31.0 Å². The van der Waals surface area contributed by atoms with Crippen LogP contribution in [0, 0.1) is 0 Å². The molecule has 21 heteroatoms. The molecule has 0 saturated heterocycles. The topological polar surface area (TPSA) is 216 Å². The van der Waals surface area contributed by atoms with Gasteiger partial charge in [-0.25, -0.2) is 13.1 Å². The van der Waals surface area contributed by atoms with Crippen LogP contribution in [0.4, 0.5) is 11.5 Å². The fraction of sp³-hybridized carbons (Fsp3) is 0. The van der Waals surface area contributed by atoms with E-state index in [0.717, 1.165) is 18.2 Å². The number of nitrogens with zero attached hydrogens (tertiary/aromatic N) is 7. The van der Waals surface area contributed by atoms with E-state index >= 15 is 0 Å². The van der Waals surface area contributed by atoms with Crippen LogP contribution in [-0.4, -0.2) is 50.7 Å². The fourth-order valence-corrected chi connectivity index (χ4v) is 6.24. The van der Waals surface area contributed by atoms with Gasteiger partial charge in [-0.3, -0.25) is 4.55 Å². The molecular weight excluding hydrogens is 763 g/mol. The van der Waals surface area contributed by atoms with Gasteiger partial charge < -0.3 is 9.66 Å². The molecule has 2 heterocycles. The second-order valence-corrected chi connectivity index (χ2v) is 13.5. The number of benzene rings is 4. The second kappa shape index (κ2) is 15.4. The van der Waals surface area contributed by atoms with Crippen LogP contribution in [-0.2, 0) is 20.2 Å². The van der Waals surface area contributed by atoms with Gasteiger partial charge in [0.1, 0.15) is 15.0 Å². The summed E-state index contributed by atoms with van der Waals surface area (Å²) in [6.45, 7) is 0. The standard InChI is InChI=1S/C28H16Cl3N7O7S2.2Na/c29-16-8-6-14(7-9-16)20-13-22(38(37-20)17-4-2-1-3-5-17)35-36-24-21(47(43,44)45)11-15-10-18(46(40,41)42)12-19(23(15)25(24)39)26-32-27(30)34-28(31)33-26;;/h1-13,39H,(H,40,41,42)(H,43,44,45);;/q;2*+1/p-2. The molecule has 0 unspecified atom stereocenters. The summed E-state index contributed by atoms with van der Waals surface area (Å²) in [4.78, 5) is 9.47. The minimum absolute atomic E-state index is 0. The van der Waals surface area contributed by atoms with Crippen molar-refractivity contribution < 1.29 is 90.2 Å². The fourth-order valence-electron chi connectivity index (χ4n) is 4.57. The zero-order valence-corrected chi connectivity index (χ0v) is 32.9. The zero-order valence-electron chi connectivity index (χ0n) is 25.0. The van der Waals surface area contributed by atoms with E-state index in [1.54, 1.807) is 54.6 Å².